The lowest BCUT2D eigenvalue weighted by Gasteiger charge is -2.26. The zero-order valence-corrected chi connectivity index (χ0v) is 24.5. The lowest BCUT2D eigenvalue weighted by atomic mass is 9.83. The van der Waals surface area contributed by atoms with E-state index in [1.807, 2.05) is 12.1 Å². The average molecular weight is 569 g/mol. The number of hydrogen-bond donors (Lipinski definition) is 5. The molecular formula is C30H48N8O3. The third-order valence-electron chi connectivity index (χ3n) is 7.83. The van der Waals surface area contributed by atoms with E-state index in [2.05, 4.69) is 38.2 Å². The van der Waals surface area contributed by atoms with E-state index in [-0.39, 0.29) is 5.91 Å². The number of carbonyl (C=O) groups excluding carboxylic acids is 1. The second kappa shape index (κ2) is 17.1. The first-order chi connectivity index (χ1) is 20.1. The van der Waals surface area contributed by atoms with Crippen LogP contribution in [0.15, 0.2) is 24.3 Å². The molecular weight excluding hydrogens is 520 g/mol. The summed E-state index contributed by atoms with van der Waals surface area (Å²) in [7, 11) is 0. The number of nitrogens with two attached hydrogens (primary N) is 1. The zero-order chi connectivity index (χ0) is 28.7. The van der Waals surface area contributed by atoms with Gasteiger partial charge in [-0.25, -0.2) is 0 Å². The Morgan fingerprint density at radius 3 is 2.27 bits per heavy atom. The molecule has 11 nitrogen and oxygen atoms in total. The Bertz CT molecular complexity index is 1040. The summed E-state index contributed by atoms with van der Waals surface area (Å²) in [6, 6.07) is 7.66. The van der Waals surface area contributed by atoms with Crippen LogP contribution in [0.25, 0.3) is 0 Å². The van der Waals surface area contributed by atoms with Gasteiger partial charge in [-0.15, -0.1) is 0 Å². The lowest BCUT2D eigenvalue weighted by Crippen LogP contribution is -2.27. The van der Waals surface area contributed by atoms with E-state index < -0.39 is 0 Å². The molecule has 0 spiro atoms. The quantitative estimate of drug-likeness (QED) is 0.185. The molecule has 0 atom stereocenters. The molecule has 41 heavy (non-hydrogen) atoms. The van der Waals surface area contributed by atoms with Crippen LogP contribution in [0.5, 0.6) is 0 Å². The predicted molar refractivity (Wildman–Crippen MR) is 163 cm³/mol. The molecule has 0 saturated heterocycles. The van der Waals surface area contributed by atoms with E-state index in [9.17, 15) is 4.79 Å². The van der Waals surface area contributed by atoms with Crippen molar-refractivity contribution in [3.05, 3.63) is 29.8 Å². The number of benzene rings is 1. The molecule has 1 heterocycles. The molecule has 4 rings (SSSR count). The summed E-state index contributed by atoms with van der Waals surface area (Å²) in [6.45, 7) is 6.05. The summed E-state index contributed by atoms with van der Waals surface area (Å²) in [5.41, 5.74) is 6.74. The van der Waals surface area contributed by atoms with Crippen LogP contribution < -0.4 is 27.0 Å². The number of nitrogens with one attached hydrogen (secondary N) is 4. The average Bonchev–Trinajstić information content (AvgIpc) is 2.99. The monoisotopic (exact) mass is 568 g/mol. The SMILES string of the molecule is CC1CCC(CNc2nc(Nc3ccc(C(=O)NCCOCCOCCN)cc3)nc(NC3CCCCC3)n2)CC1. The minimum Gasteiger partial charge on any atom is -0.378 e. The number of hydrogen-bond acceptors (Lipinski definition) is 10. The summed E-state index contributed by atoms with van der Waals surface area (Å²) in [5.74, 6) is 2.98. The number of rotatable bonds is 16. The van der Waals surface area contributed by atoms with Crippen molar-refractivity contribution in [2.75, 3.05) is 62.0 Å². The van der Waals surface area contributed by atoms with Gasteiger partial charge in [-0.1, -0.05) is 39.0 Å². The summed E-state index contributed by atoms with van der Waals surface area (Å²) in [6.07, 6.45) is 11.1. The second-order valence-electron chi connectivity index (χ2n) is 11.3. The van der Waals surface area contributed by atoms with Crippen molar-refractivity contribution in [1.29, 1.82) is 0 Å². The highest BCUT2D eigenvalue weighted by Crippen LogP contribution is 2.28. The number of aromatic nitrogens is 3. The van der Waals surface area contributed by atoms with Crippen molar-refractivity contribution in [2.24, 2.45) is 17.6 Å². The number of amides is 1. The molecule has 11 heteroatoms. The highest BCUT2D eigenvalue weighted by molar-refractivity contribution is 5.94. The van der Waals surface area contributed by atoms with Crippen LogP contribution in [0.2, 0.25) is 0 Å². The standard InChI is InChI=1S/C30H48N8O3/c1-22-7-9-23(10-8-22)21-33-28-36-29(34-25-5-3-2-4-6-25)38-30(37-28)35-26-13-11-24(12-14-26)27(39)32-16-18-41-20-19-40-17-15-31/h11-14,22-23,25H,2-10,15-21,31H2,1H3,(H,32,39)(H3,33,34,35,36,37,38). The minimum atomic E-state index is -0.151. The molecule has 2 saturated carbocycles. The Morgan fingerprint density at radius 1 is 0.854 bits per heavy atom. The zero-order valence-electron chi connectivity index (χ0n) is 24.5. The first kappa shape index (κ1) is 30.9. The van der Waals surface area contributed by atoms with Crippen molar-refractivity contribution in [1.82, 2.24) is 20.3 Å². The van der Waals surface area contributed by atoms with Gasteiger partial charge in [-0.3, -0.25) is 4.79 Å². The van der Waals surface area contributed by atoms with Crippen molar-refractivity contribution in [3.8, 4) is 0 Å². The van der Waals surface area contributed by atoms with E-state index in [0.717, 1.165) is 31.0 Å². The lowest BCUT2D eigenvalue weighted by molar-refractivity contribution is 0.0511. The Hall–Kier alpha value is -3.02. The van der Waals surface area contributed by atoms with Gasteiger partial charge in [0.2, 0.25) is 17.8 Å². The second-order valence-corrected chi connectivity index (χ2v) is 11.3. The number of nitrogens with zero attached hydrogens (tertiary/aromatic N) is 3. The van der Waals surface area contributed by atoms with Crippen LogP contribution >= 0.6 is 0 Å². The fourth-order valence-corrected chi connectivity index (χ4v) is 5.35. The maximum absolute atomic E-state index is 12.5. The molecule has 6 N–H and O–H groups in total. The highest BCUT2D eigenvalue weighted by atomic mass is 16.5. The molecule has 2 aromatic rings. The van der Waals surface area contributed by atoms with Gasteiger partial charge in [0.1, 0.15) is 0 Å². The highest BCUT2D eigenvalue weighted by Gasteiger charge is 2.19. The van der Waals surface area contributed by atoms with Crippen LogP contribution in [-0.2, 0) is 9.47 Å². The molecule has 1 amide bonds. The molecule has 1 aromatic carbocycles. The maximum atomic E-state index is 12.5. The number of carbonyl (C=O) groups is 1. The normalized spacial score (nSPS) is 19.5. The molecule has 0 unspecified atom stereocenters. The molecule has 2 aliphatic carbocycles. The molecule has 0 radical (unpaired) electrons. The Balaban J connectivity index is 1.31. The number of ether oxygens (including phenoxy) is 2. The Kier molecular flexibility index (Phi) is 12.9. The van der Waals surface area contributed by atoms with E-state index in [1.54, 1.807) is 12.1 Å². The Labute approximate surface area is 244 Å². The van der Waals surface area contributed by atoms with Gasteiger partial charge in [-0.2, -0.15) is 15.0 Å². The summed E-state index contributed by atoms with van der Waals surface area (Å²) in [5, 5.41) is 13.2. The maximum Gasteiger partial charge on any atom is 0.251 e. The van der Waals surface area contributed by atoms with E-state index in [1.165, 1.54) is 44.9 Å². The van der Waals surface area contributed by atoms with Crippen LogP contribution in [0.1, 0.15) is 75.1 Å². The first-order valence-corrected chi connectivity index (χ1v) is 15.4. The fourth-order valence-electron chi connectivity index (χ4n) is 5.35. The van der Waals surface area contributed by atoms with Gasteiger partial charge in [0.05, 0.1) is 26.4 Å². The van der Waals surface area contributed by atoms with Crippen LogP contribution in [0.4, 0.5) is 23.5 Å². The van der Waals surface area contributed by atoms with Gasteiger partial charge in [0, 0.05) is 36.9 Å². The molecule has 1 aromatic heterocycles. The minimum absolute atomic E-state index is 0.151. The summed E-state index contributed by atoms with van der Waals surface area (Å²) in [4.78, 5) is 26.6. The topological polar surface area (TPSA) is 148 Å². The molecule has 2 aliphatic rings. The van der Waals surface area contributed by atoms with Crippen molar-refractivity contribution in [2.45, 2.75) is 70.8 Å². The van der Waals surface area contributed by atoms with Gasteiger partial charge in [-0.05, 0) is 61.8 Å². The van der Waals surface area contributed by atoms with E-state index in [4.69, 9.17) is 20.2 Å². The summed E-state index contributed by atoms with van der Waals surface area (Å²) >= 11 is 0. The third kappa shape index (κ3) is 11.1. The third-order valence-corrected chi connectivity index (χ3v) is 7.83. The van der Waals surface area contributed by atoms with Crippen molar-refractivity contribution < 1.29 is 14.3 Å². The molecule has 0 aliphatic heterocycles. The Morgan fingerprint density at radius 2 is 1.54 bits per heavy atom. The summed E-state index contributed by atoms with van der Waals surface area (Å²) < 4.78 is 10.7. The fraction of sp³-hybridized carbons (Fsp3) is 0.667. The van der Waals surface area contributed by atoms with Crippen LogP contribution in [0.3, 0.4) is 0 Å². The van der Waals surface area contributed by atoms with Crippen LogP contribution in [0, 0.1) is 11.8 Å². The number of anilines is 4. The first-order valence-electron chi connectivity index (χ1n) is 15.4. The van der Waals surface area contributed by atoms with Crippen LogP contribution in [-0.4, -0.2) is 73.0 Å². The van der Waals surface area contributed by atoms with Gasteiger partial charge < -0.3 is 36.5 Å². The molecule has 226 valence electrons. The smallest absolute Gasteiger partial charge is 0.251 e. The van der Waals surface area contributed by atoms with E-state index >= 15 is 0 Å². The van der Waals surface area contributed by atoms with Gasteiger partial charge >= 0.3 is 0 Å². The molecule has 2 fully saturated rings. The van der Waals surface area contributed by atoms with Gasteiger partial charge in [0.25, 0.3) is 5.91 Å². The molecule has 0 bridgehead atoms. The largest absolute Gasteiger partial charge is 0.378 e. The van der Waals surface area contributed by atoms with E-state index in [0.29, 0.717) is 74.9 Å². The van der Waals surface area contributed by atoms with Crippen molar-refractivity contribution >= 4 is 29.4 Å². The van der Waals surface area contributed by atoms with Crippen molar-refractivity contribution in [3.63, 3.8) is 0 Å². The predicted octanol–water partition coefficient (Wildman–Crippen LogP) is 4.32. The van der Waals surface area contributed by atoms with Gasteiger partial charge in [0.15, 0.2) is 0 Å².